The molecule has 3 rings (SSSR count). The maximum Gasteiger partial charge on any atom is 0.264 e. The minimum absolute atomic E-state index is 0.0921. The second-order valence-electron chi connectivity index (χ2n) is 9.81. The number of sulfonamides is 1. The summed E-state index contributed by atoms with van der Waals surface area (Å²) < 4.78 is 29.0. The number of unbranched alkanes of at least 4 members (excludes halogenated alkanes) is 1. The Hall–Kier alpha value is -3.65. The highest BCUT2D eigenvalue weighted by molar-refractivity contribution is 7.92. The van der Waals surface area contributed by atoms with Crippen molar-refractivity contribution in [3.8, 4) is 0 Å². The molecule has 0 aromatic heterocycles. The molecule has 0 saturated carbocycles. The summed E-state index contributed by atoms with van der Waals surface area (Å²) in [5.41, 5.74) is 3.98. The van der Waals surface area contributed by atoms with E-state index in [1.165, 1.54) is 21.3 Å². The highest BCUT2D eigenvalue weighted by Crippen LogP contribution is 2.29. The molecule has 1 unspecified atom stereocenters. The topological polar surface area (TPSA) is 86.8 Å². The van der Waals surface area contributed by atoms with Gasteiger partial charge in [0.2, 0.25) is 11.8 Å². The minimum atomic E-state index is -4.08. The fourth-order valence-electron chi connectivity index (χ4n) is 4.33. The van der Waals surface area contributed by atoms with Crippen molar-refractivity contribution in [2.75, 3.05) is 17.4 Å². The van der Waals surface area contributed by atoms with Gasteiger partial charge < -0.3 is 10.2 Å². The molecule has 0 aliphatic heterocycles. The number of hydrogen-bond donors (Lipinski definition) is 1. The second kappa shape index (κ2) is 13.4. The highest BCUT2D eigenvalue weighted by Gasteiger charge is 2.33. The number of hydrogen-bond acceptors (Lipinski definition) is 4. The molecule has 1 atom stereocenters. The van der Waals surface area contributed by atoms with Crippen molar-refractivity contribution < 1.29 is 18.0 Å². The van der Waals surface area contributed by atoms with Gasteiger partial charge >= 0.3 is 0 Å². The van der Waals surface area contributed by atoms with Crippen molar-refractivity contribution in [2.45, 2.75) is 64.9 Å². The normalized spacial score (nSPS) is 12.0. The number of aryl methyl sites for hydroxylation is 2. The quantitative estimate of drug-likeness (QED) is 0.317. The van der Waals surface area contributed by atoms with Crippen LogP contribution in [0.2, 0.25) is 0 Å². The molecular formula is C31H39N3O4S. The first-order valence-electron chi connectivity index (χ1n) is 13.3. The molecule has 39 heavy (non-hydrogen) atoms. The third kappa shape index (κ3) is 7.26. The first kappa shape index (κ1) is 29.9. The number of nitrogens with one attached hydrogen (secondary N) is 1. The molecule has 0 aliphatic carbocycles. The SMILES string of the molecule is CCCCNC(=O)C(C)N(Cc1ccccc1C)C(=O)CN(c1cccc(C)c1C)S(=O)(=O)c1ccccc1. The Balaban J connectivity index is 2.04. The van der Waals surface area contributed by atoms with Crippen LogP contribution in [-0.2, 0) is 26.2 Å². The Morgan fingerprint density at radius 2 is 1.51 bits per heavy atom. The van der Waals surface area contributed by atoms with E-state index in [2.05, 4.69) is 5.32 Å². The van der Waals surface area contributed by atoms with E-state index in [0.29, 0.717) is 12.2 Å². The molecule has 2 amide bonds. The third-order valence-electron chi connectivity index (χ3n) is 7.05. The van der Waals surface area contributed by atoms with Gasteiger partial charge in [0.1, 0.15) is 12.6 Å². The average molecular weight is 550 g/mol. The highest BCUT2D eigenvalue weighted by atomic mass is 32.2. The van der Waals surface area contributed by atoms with Crippen LogP contribution in [0.15, 0.2) is 77.7 Å². The van der Waals surface area contributed by atoms with Gasteiger partial charge in [-0.1, -0.05) is 67.9 Å². The van der Waals surface area contributed by atoms with E-state index < -0.39 is 28.5 Å². The lowest BCUT2D eigenvalue weighted by Crippen LogP contribution is -2.51. The first-order chi connectivity index (χ1) is 18.6. The number of carbonyl (C=O) groups is 2. The molecule has 0 spiro atoms. The van der Waals surface area contributed by atoms with Crippen LogP contribution in [0.1, 0.15) is 48.9 Å². The summed E-state index contributed by atoms with van der Waals surface area (Å²) in [6.07, 6.45) is 1.77. The van der Waals surface area contributed by atoms with Crippen LogP contribution in [0, 0.1) is 20.8 Å². The molecule has 1 N–H and O–H groups in total. The lowest BCUT2D eigenvalue weighted by Gasteiger charge is -2.33. The van der Waals surface area contributed by atoms with Crippen molar-refractivity contribution in [3.63, 3.8) is 0 Å². The van der Waals surface area contributed by atoms with Crippen molar-refractivity contribution >= 4 is 27.5 Å². The fraction of sp³-hybridized carbons (Fsp3) is 0.355. The van der Waals surface area contributed by atoms with Gasteiger partial charge in [-0.05, 0) is 74.6 Å². The first-order valence-corrected chi connectivity index (χ1v) is 14.8. The second-order valence-corrected chi connectivity index (χ2v) is 11.7. The van der Waals surface area contributed by atoms with Gasteiger partial charge in [0, 0.05) is 13.1 Å². The molecule has 0 radical (unpaired) electrons. The average Bonchev–Trinajstić information content (AvgIpc) is 2.93. The monoisotopic (exact) mass is 549 g/mol. The van der Waals surface area contributed by atoms with Crippen LogP contribution in [0.4, 0.5) is 5.69 Å². The largest absolute Gasteiger partial charge is 0.354 e. The molecule has 0 bridgehead atoms. The number of rotatable bonds is 12. The molecule has 7 nitrogen and oxygen atoms in total. The zero-order valence-corrected chi connectivity index (χ0v) is 24.3. The Morgan fingerprint density at radius 3 is 2.18 bits per heavy atom. The number of amides is 2. The van der Waals surface area contributed by atoms with Crippen LogP contribution >= 0.6 is 0 Å². The van der Waals surface area contributed by atoms with E-state index in [1.54, 1.807) is 37.3 Å². The molecular weight excluding hydrogens is 510 g/mol. The van der Waals surface area contributed by atoms with Crippen molar-refractivity contribution in [1.29, 1.82) is 0 Å². The van der Waals surface area contributed by atoms with Crippen LogP contribution < -0.4 is 9.62 Å². The van der Waals surface area contributed by atoms with E-state index in [1.807, 2.05) is 58.0 Å². The van der Waals surface area contributed by atoms with E-state index in [9.17, 15) is 18.0 Å². The third-order valence-corrected chi connectivity index (χ3v) is 8.83. The molecule has 0 heterocycles. The van der Waals surface area contributed by atoms with Crippen LogP contribution in [0.3, 0.4) is 0 Å². The van der Waals surface area contributed by atoms with Gasteiger partial charge in [0.05, 0.1) is 10.6 Å². The maximum atomic E-state index is 14.0. The Bertz CT molecular complexity index is 1390. The summed E-state index contributed by atoms with van der Waals surface area (Å²) in [6.45, 7) is 9.68. The Morgan fingerprint density at radius 1 is 0.872 bits per heavy atom. The lowest BCUT2D eigenvalue weighted by atomic mass is 10.1. The lowest BCUT2D eigenvalue weighted by molar-refractivity contribution is -0.139. The van der Waals surface area contributed by atoms with Crippen molar-refractivity contribution in [3.05, 3.63) is 95.1 Å². The molecule has 3 aromatic rings. The molecule has 0 fully saturated rings. The molecule has 0 saturated heterocycles. The maximum absolute atomic E-state index is 14.0. The van der Waals surface area contributed by atoms with Gasteiger partial charge in [-0.25, -0.2) is 8.42 Å². The predicted molar refractivity (Wildman–Crippen MR) is 156 cm³/mol. The van der Waals surface area contributed by atoms with E-state index in [0.717, 1.165) is 35.1 Å². The van der Waals surface area contributed by atoms with Gasteiger partial charge in [0.25, 0.3) is 10.0 Å². The number of nitrogens with zero attached hydrogens (tertiary/aromatic N) is 2. The fourth-order valence-corrected chi connectivity index (χ4v) is 5.82. The summed E-state index contributed by atoms with van der Waals surface area (Å²) >= 11 is 0. The minimum Gasteiger partial charge on any atom is -0.354 e. The Kier molecular flexibility index (Phi) is 10.3. The summed E-state index contributed by atoms with van der Waals surface area (Å²) in [5.74, 6) is -0.730. The molecule has 0 aliphatic rings. The predicted octanol–water partition coefficient (Wildman–Crippen LogP) is 5.14. The van der Waals surface area contributed by atoms with Crippen LogP contribution in [0.5, 0.6) is 0 Å². The Labute approximate surface area is 232 Å². The summed E-state index contributed by atoms with van der Waals surface area (Å²) in [7, 11) is -4.08. The van der Waals surface area contributed by atoms with Crippen molar-refractivity contribution in [1.82, 2.24) is 10.2 Å². The molecule has 208 valence electrons. The number of benzene rings is 3. The van der Waals surface area contributed by atoms with E-state index in [-0.39, 0.29) is 17.3 Å². The molecule has 3 aromatic carbocycles. The number of anilines is 1. The van der Waals surface area contributed by atoms with E-state index in [4.69, 9.17) is 0 Å². The van der Waals surface area contributed by atoms with Gasteiger partial charge in [-0.15, -0.1) is 0 Å². The zero-order chi connectivity index (χ0) is 28.6. The summed E-state index contributed by atoms with van der Waals surface area (Å²) in [4.78, 5) is 28.7. The van der Waals surface area contributed by atoms with Gasteiger partial charge in [0.15, 0.2) is 0 Å². The van der Waals surface area contributed by atoms with Crippen LogP contribution in [-0.4, -0.2) is 44.3 Å². The molecule has 8 heteroatoms. The number of carbonyl (C=O) groups excluding carboxylic acids is 2. The summed E-state index contributed by atoms with van der Waals surface area (Å²) in [6, 6.07) is 20.4. The van der Waals surface area contributed by atoms with Gasteiger partial charge in [-0.2, -0.15) is 0 Å². The van der Waals surface area contributed by atoms with Crippen molar-refractivity contribution in [2.24, 2.45) is 0 Å². The standard InChI is InChI=1S/C31H39N3O4S/c1-6-7-20-32-31(36)26(5)33(21-27-16-12-11-14-24(27)3)30(35)22-34(29-19-13-15-23(2)25(29)4)39(37,38)28-17-9-8-10-18-28/h8-19,26H,6-7,20-22H2,1-5H3,(H,32,36). The van der Waals surface area contributed by atoms with E-state index >= 15 is 0 Å². The smallest absolute Gasteiger partial charge is 0.264 e. The van der Waals surface area contributed by atoms with Gasteiger partial charge in [-0.3, -0.25) is 13.9 Å². The zero-order valence-electron chi connectivity index (χ0n) is 23.5. The van der Waals surface area contributed by atoms with Crippen LogP contribution in [0.25, 0.3) is 0 Å². The summed E-state index contributed by atoms with van der Waals surface area (Å²) in [5, 5.41) is 2.91.